The number of ether oxygens (including phenoxy) is 2. The zero-order valence-electron chi connectivity index (χ0n) is 7.53. The molecule has 1 aliphatic heterocycles. The highest BCUT2D eigenvalue weighted by Gasteiger charge is 2.33. The molecule has 0 amide bonds. The fourth-order valence-corrected chi connectivity index (χ4v) is 1.90. The Kier molecular flexibility index (Phi) is 2.44. The van der Waals surface area contributed by atoms with Crippen LogP contribution in [0.25, 0.3) is 0 Å². The lowest BCUT2D eigenvalue weighted by molar-refractivity contribution is 0.167. The van der Waals surface area contributed by atoms with Crippen molar-refractivity contribution in [1.29, 1.82) is 0 Å². The maximum Gasteiger partial charge on any atom is 0.358 e. The average molecular weight is 232 g/mol. The fraction of sp³-hybridized carbons (Fsp3) is 0.250. The van der Waals surface area contributed by atoms with E-state index in [1.54, 1.807) is 6.07 Å². The van der Waals surface area contributed by atoms with Gasteiger partial charge in [0.1, 0.15) is 0 Å². The molecule has 6 nitrogen and oxygen atoms in total. The van der Waals surface area contributed by atoms with E-state index in [2.05, 4.69) is 0 Å². The van der Waals surface area contributed by atoms with Gasteiger partial charge < -0.3 is 24.4 Å². The molecule has 0 aliphatic carbocycles. The Morgan fingerprint density at radius 1 is 1.33 bits per heavy atom. The Labute approximate surface area is 85.2 Å². The van der Waals surface area contributed by atoms with Crippen LogP contribution in [-0.4, -0.2) is 21.7 Å². The molecule has 0 aromatic heterocycles. The van der Waals surface area contributed by atoms with Crippen LogP contribution in [0.5, 0.6) is 11.5 Å². The molecule has 3 N–H and O–H groups in total. The zero-order chi connectivity index (χ0) is 11.1. The Bertz CT molecular complexity index is 425. The highest BCUT2D eigenvalue weighted by molar-refractivity contribution is 7.51. The molecule has 82 valence electrons. The Morgan fingerprint density at radius 2 is 2.07 bits per heavy atom. The van der Waals surface area contributed by atoms with E-state index in [0.717, 1.165) is 0 Å². The van der Waals surface area contributed by atoms with E-state index in [0.29, 0.717) is 5.75 Å². The van der Waals surface area contributed by atoms with Gasteiger partial charge in [-0.25, -0.2) is 0 Å². The van der Waals surface area contributed by atoms with E-state index < -0.39 is 13.4 Å². The molecule has 0 saturated carbocycles. The summed E-state index contributed by atoms with van der Waals surface area (Å²) in [5, 5.41) is 9.42. The predicted molar refractivity (Wildman–Crippen MR) is 49.6 cm³/mol. The van der Waals surface area contributed by atoms with Crippen molar-refractivity contribution in [3.05, 3.63) is 23.8 Å². The molecular formula is C8H9O6P. The topological polar surface area (TPSA) is 96.2 Å². The zero-order valence-corrected chi connectivity index (χ0v) is 8.42. The second-order valence-electron chi connectivity index (χ2n) is 3.04. The van der Waals surface area contributed by atoms with Crippen LogP contribution in [0, 0.1) is 0 Å². The molecule has 0 radical (unpaired) electrons. The summed E-state index contributed by atoms with van der Waals surface area (Å²) < 4.78 is 20.9. The highest BCUT2D eigenvalue weighted by Crippen LogP contribution is 2.53. The van der Waals surface area contributed by atoms with Gasteiger partial charge in [-0.1, -0.05) is 12.1 Å². The maximum atomic E-state index is 10.9. The van der Waals surface area contributed by atoms with Crippen LogP contribution in [0.2, 0.25) is 0 Å². The quantitative estimate of drug-likeness (QED) is 0.645. The lowest BCUT2D eigenvalue weighted by Gasteiger charge is -2.14. The molecule has 1 aromatic rings. The number of rotatable bonds is 2. The monoisotopic (exact) mass is 232 g/mol. The number of para-hydroxylation sites is 1. The average Bonchev–Trinajstić information content (AvgIpc) is 2.62. The first-order chi connectivity index (χ1) is 7.00. The largest absolute Gasteiger partial charge is 0.454 e. The second-order valence-corrected chi connectivity index (χ2v) is 4.71. The van der Waals surface area contributed by atoms with Crippen molar-refractivity contribution in [2.45, 2.75) is 5.85 Å². The van der Waals surface area contributed by atoms with Crippen LogP contribution in [0.1, 0.15) is 11.4 Å². The molecule has 2 rings (SSSR count). The minimum Gasteiger partial charge on any atom is -0.454 e. The summed E-state index contributed by atoms with van der Waals surface area (Å²) in [6.07, 6.45) is 0. The van der Waals surface area contributed by atoms with Crippen molar-refractivity contribution in [2.75, 3.05) is 6.79 Å². The van der Waals surface area contributed by atoms with Crippen LogP contribution in [-0.2, 0) is 4.57 Å². The first kappa shape index (κ1) is 10.4. The molecule has 7 heteroatoms. The van der Waals surface area contributed by atoms with Crippen LogP contribution in [0.3, 0.4) is 0 Å². The van der Waals surface area contributed by atoms with Crippen LogP contribution < -0.4 is 9.47 Å². The van der Waals surface area contributed by atoms with Gasteiger partial charge in [-0.15, -0.1) is 0 Å². The summed E-state index contributed by atoms with van der Waals surface area (Å²) in [7, 11) is -4.59. The van der Waals surface area contributed by atoms with Gasteiger partial charge >= 0.3 is 7.60 Å². The third-order valence-corrected chi connectivity index (χ3v) is 2.94. The number of hydrogen-bond donors (Lipinski definition) is 3. The van der Waals surface area contributed by atoms with Crippen molar-refractivity contribution in [3.63, 3.8) is 0 Å². The van der Waals surface area contributed by atoms with Crippen LogP contribution in [0.4, 0.5) is 0 Å². The summed E-state index contributed by atoms with van der Waals surface area (Å²) in [5.41, 5.74) is 0.0401. The van der Waals surface area contributed by atoms with Crippen molar-refractivity contribution >= 4 is 7.60 Å². The van der Waals surface area contributed by atoms with E-state index in [-0.39, 0.29) is 18.1 Å². The SMILES string of the molecule is O=P(O)(O)[C@H](O)c1cccc2c1OCO2. The first-order valence-corrected chi connectivity index (χ1v) is 5.80. The summed E-state index contributed by atoms with van der Waals surface area (Å²) >= 11 is 0. The van der Waals surface area contributed by atoms with Crippen molar-refractivity contribution < 1.29 is 28.9 Å². The lowest BCUT2D eigenvalue weighted by Crippen LogP contribution is -2.00. The maximum absolute atomic E-state index is 10.9. The molecule has 1 atom stereocenters. The predicted octanol–water partition coefficient (Wildman–Crippen LogP) is 0.584. The molecule has 0 bridgehead atoms. The molecule has 0 fully saturated rings. The number of benzene rings is 1. The number of fused-ring (bicyclic) bond motifs is 1. The normalized spacial score (nSPS) is 16.5. The molecule has 1 heterocycles. The number of aliphatic hydroxyl groups excluding tert-OH is 1. The van der Waals surface area contributed by atoms with Gasteiger partial charge in [0.05, 0.1) is 0 Å². The van der Waals surface area contributed by atoms with E-state index in [4.69, 9.17) is 19.3 Å². The Balaban J connectivity index is 2.46. The van der Waals surface area contributed by atoms with Crippen LogP contribution >= 0.6 is 7.60 Å². The Morgan fingerprint density at radius 3 is 2.73 bits per heavy atom. The third kappa shape index (κ3) is 1.85. The van der Waals surface area contributed by atoms with E-state index >= 15 is 0 Å². The summed E-state index contributed by atoms with van der Waals surface area (Å²) in [6, 6.07) is 4.51. The molecular weight excluding hydrogens is 223 g/mol. The van der Waals surface area contributed by atoms with Crippen LogP contribution in [0.15, 0.2) is 18.2 Å². The number of hydrogen-bond acceptors (Lipinski definition) is 4. The second kappa shape index (κ2) is 3.50. The van der Waals surface area contributed by atoms with Crippen molar-refractivity contribution in [2.24, 2.45) is 0 Å². The summed E-state index contributed by atoms with van der Waals surface area (Å²) in [5.74, 6) is -1.32. The smallest absolute Gasteiger partial charge is 0.358 e. The minimum atomic E-state index is -4.59. The molecule has 1 aromatic carbocycles. The van der Waals surface area contributed by atoms with Gasteiger partial charge in [0.15, 0.2) is 17.3 Å². The molecule has 0 unspecified atom stereocenters. The standard InChI is InChI=1S/C8H9O6P/c9-8(15(10,11)12)5-2-1-3-6-7(5)14-4-13-6/h1-3,8-9H,4H2,(H2,10,11,12)/t8-/m0/s1. The molecule has 15 heavy (non-hydrogen) atoms. The van der Waals surface area contributed by atoms with Gasteiger partial charge in [0.2, 0.25) is 6.79 Å². The van der Waals surface area contributed by atoms with Crippen molar-refractivity contribution in [3.8, 4) is 11.5 Å². The van der Waals surface area contributed by atoms with Gasteiger partial charge in [-0.05, 0) is 6.07 Å². The lowest BCUT2D eigenvalue weighted by atomic mass is 10.2. The minimum absolute atomic E-state index is 0.0137. The van der Waals surface area contributed by atoms with Gasteiger partial charge in [0.25, 0.3) is 0 Å². The van der Waals surface area contributed by atoms with Gasteiger partial charge in [-0.3, -0.25) is 4.57 Å². The summed E-state index contributed by atoms with van der Waals surface area (Å²) in [4.78, 5) is 17.7. The van der Waals surface area contributed by atoms with Gasteiger partial charge in [0, 0.05) is 5.56 Å². The first-order valence-electron chi connectivity index (χ1n) is 4.12. The van der Waals surface area contributed by atoms with E-state index in [1.165, 1.54) is 12.1 Å². The molecule has 1 aliphatic rings. The third-order valence-electron chi connectivity index (χ3n) is 2.02. The fourth-order valence-electron chi connectivity index (χ4n) is 1.34. The number of aliphatic hydroxyl groups is 1. The van der Waals surface area contributed by atoms with E-state index in [1.807, 2.05) is 0 Å². The van der Waals surface area contributed by atoms with Gasteiger partial charge in [-0.2, -0.15) is 0 Å². The van der Waals surface area contributed by atoms with E-state index in [9.17, 15) is 9.67 Å². The Hall–Kier alpha value is -1.07. The highest BCUT2D eigenvalue weighted by atomic mass is 31.2. The van der Waals surface area contributed by atoms with Crippen molar-refractivity contribution in [1.82, 2.24) is 0 Å². The molecule has 0 saturated heterocycles. The molecule has 0 spiro atoms. The summed E-state index contributed by atoms with van der Waals surface area (Å²) in [6.45, 7) is -0.0137.